The maximum atomic E-state index is 5.76. The molecule has 0 saturated heterocycles. The first-order valence-corrected chi connectivity index (χ1v) is 7.99. The van der Waals surface area contributed by atoms with Crippen LogP contribution in [0.5, 0.6) is 5.75 Å². The SMILES string of the molecule is CCNCCC(C)(C)CCc1ccc2c(c1)CC(C)O2. The molecule has 0 fully saturated rings. The van der Waals surface area contributed by atoms with Gasteiger partial charge < -0.3 is 10.1 Å². The minimum Gasteiger partial charge on any atom is -0.490 e. The molecule has 2 rings (SSSR count). The smallest absolute Gasteiger partial charge is 0.123 e. The molecule has 2 heteroatoms. The minimum absolute atomic E-state index is 0.344. The van der Waals surface area contributed by atoms with Crippen LogP contribution in [0, 0.1) is 5.41 Å². The maximum Gasteiger partial charge on any atom is 0.123 e. The van der Waals surface area contributed by atoms with Gasteiger partial charge in [-0.2, -0.15) is 0 Å². The third kappa shape index (κ3) is 4.24. The number of hydrogen-bond acceptors (Lipinski definition) is 2. The maximum absolute atomic E-state index is 5.76. The zero-order valence-electron chi connectivity index (χ0n) is 13.5. The summed E-state index contributed by atoms with van der Waals surface area (Å²) >= 11 is 0. The van der Waals surface area contributed by atoms with Gasteiger partial charge in [0.25, 0.3) is 0 Å². The van der Waals surface area contributed by atoms with Crippen LogP contribution in [0.25, 0.3) is 0 Å². The van der Waals surface area contributed by atoms with Crippen LogP contribution in [0.2, 0.25) is 0 Å². The second-order valence-corrected chi connectivity index (χ2v) is 6.84. The normalized spacial score (nSPS) is 17.9. The summed E-state index contributed by atoms with van der Waals surface area (Å²) < 4.78 is 5.76. The number of ether oxygens (including phenoxy) is 1. The fourth-order valence-electron chi connectivity index (χ4n) is 2.84. The number of benzene rings is 1. The highest BCUT2D eigenvalue weighted by Gasteiger charge is 2.20. The molecule has 0 spiro atoms. The van der Waals surface area contributed by atoms with Crippen molar-refractivity contribution in [1.82, 2.24) is 5.32 Å². The topological polar surface area (TPSA) is 21.3 Å². The van der Waals surface area contributed by atoms with Gasteiger partial charge in [-0.15, -0.1) is 0 Å². The van der Waals surface area contributed by atoms with E-state index in [-0.39, 0.29) is 0 Å². The molecule has 112 valence electrons. The lowest BCUT2D eigenvalue weighted by Gasteiger charge is -2.24. The van der Waals surface area contributed by atoms with Crippen molar-refractivity contribution in [2.24, 2.45) is 5.41 Å². The molecule has 0 bridgehead atoms. The van der Waals surface area contributed by atoms with Gasteiger partial charge in [-0.25, -0.2) is 0 Å². The summed E-state index contributed by atoms with van der Waals surface area (Å²) in [6.07, 6.45) is 5.06. The summed E-state index contributed by atoms with van der Waals surface area (Å²) in [5, 5.41) is 3.42. The fourth-order valence-corrected chi connectivity index (χ4v) is 2.84. The highest BCUT2D eigenvalue weighted by Crippen LogP contribution is 2.31. The van der Waals surface area contributed by atoms with Crippen LogP contribution in [-0.4, -0.2) is 19.2 Å². The van der Waals surface area contributed by atoms with Gasteiger partial charge in [0.15, 0.2) is 0 Å². The van der Waals surface area contributed by atoms with Crippen molar-refractivity contribution < 1.29 is 4.74 Å². The zero-order valence-corrected chi connectivity index (χ0v) is 13.5. The zero-order chi connectivity index (χ0) is 14.6. The van der Waals surface area contributed by atoms with Gasteiger partial charge in [-0.1, -0.05) is 32.9 Å². The van der Waals surface area contributed by atoms with Gasteiger partial charge in [-0.05, 0) is 61.9 Å². The predicted molar refractivity (Wildman–Crippen MR) is 85.5 cm³/mol. The Kier molecular flexibility index (Phi) is 5.09. The van der Waals surface area contributed by atoms with Crippen molar-refractivity contribution in [3.05, 3.63) is 29.3 Å². The predicted octanol–water partition coefficient (Wildman–Crippen LogP) is 3.97. The first kappa shape index (κ1) is 15.4. The molecule has 0 amide bonds. The molecule has 1 aliphatic rings. The van der Waals surface area contributed by atoms with Crippen LogP contribution in [0.4, 0.5) is 0 Å². The Morgan fingerprint density at radius 1 is 1.30 bits per heavy atom. The lowest BCUT2D eigenvalue weighted by atomic mass is 9.83. The van der Waals surface area contributed by atoms with E-state index in [2.05, 4.69) is 51.2 Å². The average Bonchev–Trinajstić information content (AvgIpc) is 2.76. The van der Waals surface area contributed by atoms with Crippen LogP contribution in [0.15, 0.2) is 18.2 Å². The third-order valence-corrected chi connectivity index (χ3v) is 4.28. The van der Waals surface area contributed by atoms with Crippen LogP contribution in [-0.2, 0) is 12.8 Å². The highest BCUT2D eigenvalue weighted by molar-refractivity contribution is 5.40. The first-order valence-electron chi connectivity index (χ1n) is 7.99. The molecular weight excluding hydrogens is 246 g/mol. The van der Waals surface area contributed by atoms with E-state index >= 15 is 0 Å². The second-order valence-electron chi connectivity index (χ2n) is 6.84. The summed E-state index contributed by atoms with van der Waals surface area (Å²) in [6.45, 7) is 11.3. The molecule has 1 N–H and O–H groups in total. The van der Waals surface area contributed by atoms with Crippen molar-refractivity contribution in [2.75, 3.05) is 13.1 Å². The van der Waals surface area contributed by atoms with Crippen molar-refractivity contribution in [1.29, 1.82) is 0 Å². The molecule has 2 nitrogen and oxygen atoms in total. The standard InChI is InChI=1S/C18H29NO/c1-5-19-11-10-18(3,4)9-8-15-6-7-17-16(13-15)12-14(2)20-17/h6-7,13-14,19H,5,8-12H2,1-4H3. The van der Waals surface area contributed by atoms with Crippen molar-refractivity contribution in [3.63, 3.8) is 0 Å². The molecule has 1 atom stereocenters. The molecule has 1 unspecified atom stereocenters. The fraction of sp³-hybridized carbons (Fsp3) is 0.667. The van der Waals surface area contributed by atoms with Crippen molar-refractivity contribution in [3.8, 4) is 5.75 Å². The Morgan fingerprint density at radius 2 is 2.10 bits per heavy atom. The van der Waals surface area contributed by atoms with Crippen LogP contribution in [0.3, 0.4) is 0 Å². The van der Waals surface area contributed by atoms with Gasteiger partial charge in [0.2, 0.25) is 0 Å². The minimum atomic E-state index is 0.344. The third-order valence-electron chi connectivity index (χ3n) is 4.28. The Hall–Kier alpha value is -1.02. The molecule has 1 aliphatic heterocycles. The molecule has 20 heavy (non-hydrogen) atoms. The van der Waals surface area contributed by atoms with E-state index < -0.39 is 0 Å². The quantitative estimate of drug-likeness (QED) is 0.760. The molecule has 0 aliphatic carbocycles. The monoisotopic (exact) mass is 275 g/mol. The van der Waals surface area contributed by atoms with E-state index in [0.717, 1.165) is 25.3 Å². The first-order chi connectivity index (χ1) is 9.50. The molecule has 1 aromatic rings. The van der Waals surface area contributed by atoms with Gasteiger partial charge >= 0.3 is 0 Å². The van der Waals surface area contributed by atoms with Crippen molar-refractivity contribution in [2.45, 2.75) is 59.5 Å². The molecule has 1 aromatic carbocycles. The number of nitrogens with one attached hydrogen (secondary N) is 1. The summed E-state index contributed by atoms with van der Waals surface area (Å²) in [5.74, 6) is 1.09. The van der Waals surface area contributed by atoms with Gasteiger partial charge in [0, 0.05) is 6.42 Å². The molecule has 0 aromatic heterocycles. The average molecular weight is 275 g/mol. The lowest BCUT2D eigenvalue weighted by molar-refractivity contribution is 0.254. The summed E-state index contributed by atoms with van der Waals surface area (Å²) in [6, 6.07) is 6.73. The van der Waals surface area contributed by atoms with Crippen LogP contribution >= 0.6 is 0 Å². The van der Waals surface area contributed by atoms with E-state index in [1.165, 1.54) is 30.4 Å². The van der Waals surface area contributed by atoms with E-state index in [1.807, 2.05) is 0 Å². The molecular formula is C18H29NO. The summed E-state index contributed by atoms with van der Waals surface area (Å²) in [4.78, 5) is 0. The van der Waals surface area contributed by atoms with E-state index in [9.17, 15) is 0 Å². The number of aryl methyl sites for hydroxylation is 1. The Balaban J connectivity index is 1.86. The number of hydrogen-bond donors (Lipinski definition) is 1. The van der Waals surface area contributed by atoms with Gasteiger partial charge in [0.05, 0.1) is 0 Å². The van der Waals surface area contributed by atoms with E-state index in [0.29, 0.717) is 11.5 Å². The second kappa shape index (κ2) is 6.62. The lowest BCUT2D eigenvalue weighted by Crippen LogP contribution is -2.22. The number of fused-ring (bicyclic) bond motifs is 1. The van der Waals surface area contributed by atoms with Crippen LogP contribution in [0.1, 0.15) is 51.7 Å². The van der Waals surface area contributed by atoms with E-state index in [4.69, 9.17) is 4.74 Å². The molecule has 0 saturated carbocycles. The molecule has 1 heterocycles. The summed E-state index contributed by atoms with van der Waals surface area (Å²) in [5.41, 5.74) is 3.25. The molecule has 0 radical (unpaired) electrons. The highest BCUT2D eigenvalue weighted by atomic mass is 16.5. The van der Waals surface area contributed by atoms with E-state index in [1.54, 1.807) is 0 Å². The Morgan fingerprint density at radius 3 is 2.85 bits per heavy atom. The van der Waals surface area contributed by atoms with Crippen LogP contribution < -0.4 is 10.1 Å². The number of rotatable bonds is 7. The largest absolute Gasteiger partial charge is 0.490 e. The Bertz CT molecular complexity index is 439. The Labute approximate surface area is 123 Å². The summed E-state index contributed by atoms with van der Waals surface area (Å²) in [7, 11) is 0. The van der Waals surface area contributed by atoms with Crippen molar-refractivity contribution >= 4 is 0 Å². The van der Waals surface area contributed by atoms with Gasteiger partial charge in [-0.3, -0.25) is 0 Å². The van der Waals surface area contributed by atoms with Gasteiger partial charge in [0.1, 0.15) is 11.9 Å².